The van der Waals surface area contributed by atoms with Gasteiger partial charge in [-0.2, -0.15) is 0 Å². The molecule has 0 fully saturated rings. The van der Waals surface area contributed by atoms with Crippen molar-refractivity contribution in [3.05, 3.63) is 77.1 Å². The average Bonchev–Trinajstić information content (AvgIpc) is 2.75. The number of benzene rings is 2. The van der Waals surface area contributed by atoms with Crippen LogP contribution in [0, 0.1) is 18.2 Å². The Hall–Kier alpha value is -2.22. The Labute approximate surface area is 165 Å². The number of halogens is 1. The molecule has 3 rings (SSSR count). The smallest absolute Gasteiger partial charge is 0.311 e. The highest BCUT2D eigenvalue weighted by molar-refractivity contribution is 7.54. The number of hydrogen-bond donors (Lipinski definition) is 0. The van der Waals surface area contributed by atoms with Gasteiger partial charge >= 0.3 is 7.60 Å². The van der Waals surface area contributed by atoms with Gasteiger partial charge in [0, 0.05) is 32.9 Å². The zero-order chi connectivity index (χ0) is 20.1. The fourth-order valence-electron chi connectivity index (χ4n) is 3.53. The van der Waals surface area contributed by atoms with Crippen LogP contribution in [0.4, 0.5) is 4.39 Å². The van der Waals surface area contributed by atoms with Crippen LogP contribution in [0.15, 0.2) is 54.6 Å². The predicted octanol–water partition coefficient (Wildman–Crippen LogP) is 5.08. The Bertz CT molecular complexity index is 941. The van der Waals surface area contributed by atoms with Gasteiger partial charge in [0.1, 0.15) is 11.6 Å². The quantitative estimate of drug-likeness (QED) is 0.502. The molecule has 0 radical (unpaired) electrons. The van der Waals surface area contributed by atoms with Crippen molar-refractivity contribution >= 4 is 13.2 Å². The third-order valence-electron chi connectivity index (χ3n) is 5.00. The molecule has 1 aliphatic heterocycles. The minimum Gasteiger partial charge on any atom is -0.311 e. The minimum absolute atomic E-state index is 0.256. The van der Waals surface area contributed by atoms with E-state index in [1.165, 1.54) is 26.4 Å². The molecule has 2 aromatic carbocycles. The van der Waals surface area contributed by atoms with Crippen molar-refractivity contribution in [2.75, 3.05) is 27.3 Å². The summed E-state index contributed by atoms with van der Waals surface area (Å²) in [5, 5.41) is 0. The molecule has 1 heterocycles. The largest absolute Gasteiger partial charge is 0.351 e. The summed E-state index contributed by atoms with van der Waals surface area (Å²) in [6, 6.07) is 13.9. The van der Waals surface area contributed by atoms with Gasteiger partial charge in [-0.3, -0.25) is 9.46 Å². The predicted molar refractivity (Wildman–Crippen MR) is 109 cm³/mol. The van der Waals surface area contributed by atoms with Gasteiger partial charge in [-0.15, -0.1) is 6.42 Å². The molecule has 4 nitrogen and oxygen atoms in total. The number of hydrogen-bond acceptors (Lipinski definition) is 4. The normalized spacial score (nSPS) is 16.3. The Kier molecular flexibility index (Phi) is 6.49. The lowest BCUT2D eigenvalue weighted by Gasteiger charge is -2.37. The molecule has 0 bridgehead atoms. The topological polar surface area (TPSA) is 38.8 Å². The molecule has 0 N–H and O–H groups in total. The molecule has 0 aliphatic carbocycles. The van der Waals surface area contributed by atoms with Crippen LogP contribution in [0.3, 0.4) is 0 Å². The van der Waals surface area contributed by atoms with E-state index in [2.05, 4.69) is 16.9 Å². The summed E-state index contributed by atoms with van der Waals surface area (Å²) in [6.45, 7) is 1.19. The molecule has 0 saturated carbocycles. The molecular formula is C22H23FNO3P. The van der Waals surface area contributed by atoms with Gasteiger partial charge < -0.3 is 9.05 Å². The first-order valence-electron chi connectivity index (χ1n) is 8.98. The third-order valence-corrected chi connectivity index (χ3v) is 7.23. The van der Waals surface area contributed by atoms with Crippen molar-refractivity contribution in [2.45, 2.75) is 12.2 Å². The summed E-state index contributed by atoms with van der Waals surface area (Å²) in [7, 11) is -0.692. The molecule has 28 heavy (non-hydrogen) atoms. The van der Waals surface area contributed by atoms with Gasteiger partial charge in [-0.05, 0) is 41.3 Å². The summed E-state index contributed by atoms with van der Waals surface area (Å²) < 4.78 is 37.3. The van der Waals surface area contributed by atoms with Gasteiger partial charge in [-0.1, -0.05) is 42.3 Å². The molecule has 1 aliphatic rings. The second-order valence-electron chi connectivity index (χ2n) is 6.49. The number of terminal acetylenes is 1. The van der Waals surface area contributed by atoms with E-state index in [4.69, 9.17) is 15.5 Å². The van der Waals surface area contributed by atoms with Gasteiger partial charge in [0.2, 0.25) is 0 Å². The zero-order valence-electron chi connectivity index (χ0n) is 16.0. The van der Waals surface area contributed by atoms with E-state index in [1.807, 2.05) is 24.3 Å². The fraction of sp³-hybridized carbons (Fsp3) is 0.273. The van der Waals surface area contributed by atoms with Crippen LogP contribution in [-0.2, 0) is 13.6 Å². The maximum atomic E-state index is 13.4. The van der Waals surface area contributed by atoms with Crippen LogP contribution in [0.5, 0.6) is 0 Å². The molecule has 1 atom stereocenters. The Morgan fingerprint density at radius 3 is 2.39 bits per heavy atom. The summed E-state index contributed by atoms with van der Waals surface area (Å²) in [6.07, 6.45) is 8.47. The first-order chi connectivity index (χ1) is 13.5. The summed E-state index contributed by atoms with van der Waals surface area (Å²) in [5.74, 6) is 1.80. The standard InChI is InChI=1S/C22H23FNO3P/c1-4-17-7-5-6-8-21(17)22(28(25,26-2)27-3)24-15-13-19(14-16-24)18-9-11-20(23)12-10-18/h1,5-13,22H,14-16H2,2-3H3. The monoisotopic (exact) mass is 399 g/mol. The van der Waals surface area contributed by atoms with Crippen molar-refractivity contribution in [1.82, 2.24) is 4.90 Å². The van der Waals surface area contributed by atoms with Gasteiger partial charge in [0.25, 0.3) is 0 Å². The van der Waals surface area contributed by atoms with Crippen LogP contribution in [0.2, 0.25) is 0 Å². The van der Waals surface area contributed by atoms with Crippen molar-refractivity contribution in [3.63, 3.8) is 0 Å². The summed E-state index contributed by atoms with van der Waals surface area (Å²) in [4.78, 5) is 2.05. The van der Waals surface area contributed by atoms with Crippen LogP contribution < -0.4 is 0 Å². The maximum absolute atomic E-state index is 13.4. The van der Waals surface area contributed by atoms with Crippen LogP contribution in [0.25, 0.3) is 5.57 Å². The highest BCUT2D eigenvalue weighted by Crippen LogP contribution is 2.62. The highest BCUT2D eigenvalue weighted by atomic mass is 31.2. The van der Waals surface area contributed by atoms with Crippen LogP contribution >= 0.6 is 7.60 Å². The van der Waals surface area contributed by atoms with Gasteiger partial charge in [-0.25, -0.2) is 4.39 Å². The molecule has 1 unspecified atom stereocenters. The molecular weight excluding hydrogens is 376 g/mol. The summed E-state index contributed by atoms with van der Waals surface area (Å²) >= 11 is 0. The molecule has 146 valence electrons. The molecule has 6 heteroatoms. The van der Waals surface area contributed by atoms with E-state index in [0.717, 1.165) is 23.1 Å². The van der Waals surface area contributed by atoms with Gasteiger partial charge in [0.15, 0.2) is 0 Å². The van der Waals surface area contributed by atoms with E-state index in [1.54, 1.807) is 12.1 Å². The lowest BCUT2D eigenvalue weighted by Crippen LogP contribution is -2.33. The second kappa shape index (κ2) is 8.86. The fourth-order valence-corrected chi connectivity index (χ4v) is 5.25. The van der Waals surface area contributed by atoms with Crippen molar-refractivity contribution in [2.24, 2.45) is 0 Å². The number of rotatable bonds is 6. The lowest BCUT2D eigenvalue weighted by atomic mass is 9.98. The Morgan fingerprint density at radius 1 is 1.14 bits per heavy atom. The van der Waals surface area contributed by atoms with E-state index >= 15 is 0 Å². The highest BCUT2D eigenvalue weighted by Gasteiger charge is 2.41. The Balaban J connectivity index is 1.95. The molecule has 2 aromatic rings. The number of nitrogens with zero attached hydrogens (tertiary/aromatic N) is 1. The Morgan fingerprint density at radius 2 is 1.82 bits per heavy atom. The van der Waals surface area contributed by atoms with E-state index in [9.17, 15) is 8.96 Å². The molecule has 0 spiro atoms. The SMILES string of the molecule is C#Cc1ccccc1C(N1CC=C(c2ccc(F)cc2)CC1)P(=O)(OC)OC. The zero-order valence-corrected chi connectivity index (χ0v) is 16.9. The maximum Gasteiger partial charge on any atom is 0.351 e. The first-order valence-corrected chi connectivity index (χ1v) is 10.6. The van der Waals surface area contributed by atoms with Crippen LogP contribution in [-0.4, -0.2) is 32.2 Å². The second-order valence-corrected chi connectivity index (χ2v) is 8.79. The minimum atomic E-state index is -3.47. The first kappa shape index (κ1) is 20.5. The molecule has 0 amide bonds. The van der Waals surface area contributed by atoms with Crippen molar-refractivity contribution in [3.8, 4) is 12.3 Å². The van der Waals surface area contributed by atoms with Crippen LogP contribution in [0.1, 0.15) is 28.9 Å². The van der Waals surface area contributed by atoms with E-state index in [-0.39, 0.29) is 5.82 Å². The van der Waals surface area contributed by atoms with E-state index in [0.29, 0.717) is 18.7 Å². The van der Waals surface area contributed by atoms with E-state index < -0.39 is 13.4 Å². The lowest BCUT2D eigenvalue weighted by molar-refractivity contribution is 0.199. The molecule has 0 saturated heterocycles. The average molecular weight is 399 g/mol. The van der Waals surface area contributed by atoms with Gasteiger partial charge in [0.05, 0.1) is 0 Å². The van der Waals surface area contributed by atoms with Crippen molar-refractivity contribution < 1.29 is 18.0 Å². The third kappa shape index (κ3) is 4.11. The molecule has 0 aromatic heterocycles. The van der Waals surface area contributed by atoms with Crippen molar-refractivity contribution in [1.29, 1.82) is 0 Å². The summed E-state index contributed by atoms with van der Waals surface area (Å²) in [5.41, 5.74) is 3.53.